The molecule has 1 aliphatic rings. The van der Waals surface area contributed by atoms with Crippen LogP contribution in [0.4, 0.5) is 18.9 Å². The lowest BCUT2D eigenvalue weighted by Gasteiger charge is -2.17. The second-order valence-corrected chi connectivity index (χ2v) is 8.14. The maximum Gasteiger partial charge on any atom is 0.401 e. The molecule has 1 aromatic carbocycles. The van der Waals surface area contributed by atoms with E-state index in [0.717, 1.165) is 10.4 Å². The summed E-state index contributed by atoms with van der Waals surface area (Å²) >= 11 is 7.27. The SMILES string of the molecule is O=C(Nc1cccc2c1CN(CC(F)(F)F)C2)c1cn[nH]c1-c1ccc(Cl)s1. The Morgan fingerprint density at radius 3 is 2.82 bits per heavy atom. The number of halogens is 4. The molecule has 0 spiro atoms. The lowest BCUT2D eigenvalue weighted by molar-refractivity contribution is -0.146. The van der Waals surface area contributed by atoms with Crippen LogP contribution in [0.15, 0.2) is 36.5 Å². The van der Waals surface area contributed by atoms with E-state index in [2.05, 4.69) is 15.5 Å². The molecule has 0 fully saturated rings. The number of aromatic nitrogens is 2. The molecule has 0 unspecified atom stereocenters. The van der Waals surface area contributed by atoms with Crippen molar-refractivity contribution in [1.29, 1.82) is 0 Å². The number of nitrogens with one attached hydrogen (secondary N) is 2. The fourth-order valence-corrected chi connectivity index (χ4v) is 4.31. The van der Waals surface area contributed by atoms with Gasteiger partial charge in [0.25, 0.3) is 5.91 Å². The van der Waals surface area contributed by atoms with E-state index < -0.39 is 18.6 Å². The van der Waals surface area contributed by atoms with E-state index in [-0.39, 0.29) is 13.1 Å². The summed E-state index contributed by atoms with van der Waals surface area (Å²) in [5, 5.41) is 9.54. The van der Waals surface area contributed by atoms with Gasteiger partial charge >= 0.3 is 6.18 Å². The van der Waals surface area contributed by atoms with Crippen molar-refractivity contribution in [3.05, 3.63) is 57.6 Å². The zero-order chi connectivity index (χ0) is 19.9. The average Bonchev–Trinajstić information content (AvgIpc) is 3.31. The lowest BCUT2D eigenvalue weighted by Crippen LogP contribution is -2.30. The Kier molecular flexibility index (Phi) is 4.90. The quantitative estimate of drug-likeness (QED) is 0.622. The molecule has 146 valence electrons. The summed E-state index contributed by atoms with van der Waals surface area (Å²) in [4.78, 5) is 14.9. The summed E-state index contributed by atoms with van der Waals surface area (Å²) in [6, 6.07) is 8.70. The van der Waals surface area contributed by atoms with Crippen molar-refractivity contribution in [2.75, 3.05) is 11.9 Å². The third kappa shape index (κ3) is 3.91. The first-order valence-electron chi connectivity index (χ1n) is 8.30. The van der Waals surface area contributed by atoms with Crippen molar-refractivity contribution in [3.8, 4) is 10.6 Å². The first-order valence-corrected chi connectivity index (χ1v) is 9.50. The van der Waals surface area contributed by atoms with Crippen molar-refractivity contribution in [2.45, 2.75) is 19.3 Å². The first kappa shape index (κ1) is 19.0. The van der Waals surface area contributed by atoms with Crippen LogP contribution in [0.25, 0.3) is 10.6 Å². The Balaban J connectivity index is 1.55. The average molecular weight is 427 g/mol. The zero-order valence-electron chi connectivity index (χ0n) is 14.3. The van der Waals surface area contributed by atoms with E-state index in [4.69, 9.17) is 11.6 Å². The number of benzene rings is 1. The van der Waals surface area contributed by atoms with Gasteiger partial charge in [-0.1, -0.05) is 23.7 Å². The molecule has 1 aliphatic heterocycles. The number of aromatic amines is 1. The molecule has 2 N–H and O–H groups in total. The number of carbonyl (C=O) groups excluding carboxylic acids is 1. The van der Waals surface area contributed by atoms with Gasteiger partial charge in [-0.15, -0.1) is 11.3 Å². The van der Waals surface area contributed by atoms with E-state index in [1.165, 1.54) is 22.4 Å². The van der Waals surface area contributed by atoms with Crippen LogP contribution in [0.2, 0.25) is 4.34 Å². The molecule has 2 aromatic heterocycles. The largest absolute Gasteiger partial charge is 0.401 e. The van der Waals surface area contributed by atoms with Gasteiger partial charge in [0.2, 0.25) is 0 Å². The monoisotopic (exact) mass is 426 g/mol. The summed E-state index contributed by atoms with van der Waals surface area (Å²) in [6.07, 6.45) is -2.85. The first-order chi connectivity index (χ1) is 13.3. The van der Waals surface area contributed by atoms with Crippen molar-refractivity contribution in [1.82, 2.24) is 15.1 Å². The van der Waals surface area contributed by atoms with Gasteiger partial charge in [-0.05, 0) is 29.3 Å². The van der Waals surface area contributed by atoms with Crippen molar-refractivity contribution >= 4 is 34.5 Å². The highest BCUT2D eigenvalue weighted by Crippen LogP contribution is 2.34. The molecule has 5 nitrogen and oxygen atoms in total. The van der Waals surface area contributed by atoms with Gasteiger partial charge in [0.1, 0.15) is 0 Å². The molecule has 0 radical (unpaired) electrons. The van der Waals surface area contributed by atoms with Gasteiger partial charge in [-0.3, -0.25) is 14.8 Å². The van der Waals surface area contributed by atoms with E-state index in [1.54, 1.807) is 30.3 Å². The molecule has 3 heterocycles. The summed E-state index contributed by atoms with van der Waals surface area (Å²) in [6.45, 7) is -0.659. The highest BCUT2D eigenvalue weighted by Gasteiger charge is 2.34. The van der Waals surface area contributed by atoms with Gasteiger partial charge in [0.15, 0.2) is 0 Å². The lowest BCUT2D eigenvalue weighted by atomic mass is 10.1. The molecule has 28 heavy (non-hydrogen) atoms. The van der Waals surface area contributed by atoms with Gasteiger partial charge in [-0.2, -0.15) is 18.3 Å². The minimum atomic E-state index is -4.26. The molecule has 3 aromatic rings. The highest BCUT2D eigenvalue weighted by molar-refractivity contribution is 7.19. The number of hydrogen-bond acceptors (Lipinski definition) is 4. The molecule has 10 heteroatoms. The van der Waals surface area contributed by atoms with Crippen LogP contribution >= 0.6 is 22.9 Å². The molecule has 4 rings (SSSR count). The number of rotatable bonds is 4. The molecule has 0 saturated carbocycles. The predicted molar refractivity (Wildman–Crippen MR) is 101 cm³/mol. The molecule has 0 saturated heterocycles. The standard InChI is InChI=1S/C18H14ClF3N4OS/c19-15-5-4-14(28-15)16-11(6-23-25-16)17(27)24-13-3-1-2-10-7-26(8-12(10)13)9-18(20,21)22/h1-6H,7-9H2,(H,23,25)(H,24,27). The minimum Gasteiger partial charge on any atom is -0.322 e. The molecule has 0 aliphatic carbocycles. The molecule has 1 amide bonds. The molecular weight excluding hydrogens is 413 g/mol. The topological polar surface area (TPSA) is 61.0 Å². The molecule has 0 atom stereocenters. The number of amides is 1. The van der Waals surface area contributed by atoms with Gasteiger partial charge in [0.05, 0.1) is 33.2 Å². The number of H-pyrrole nitrogens is 1. The Morgan fingerprint density at radius 1 is 1.29 bits per heavy atom. The summed E-state index contributed by atoms with van der Waals surface area (Å²) < 4.78 is 38.7. The third-order valence-electron chi connectivity index (χ3n) is 4.40. The van der Waals surface area contributed by atoms with Crippen LogP contribution in [0.3, 0.4) is 0 Å². The number of thiophene rings is 1. The smallest absolute Gasteiger partial charge is 0.322 e. The molecule has 0 bridgehead atoms. The summed E-state index contributed by atoms with van der Waals surface area (Å²) in [5.41, 5.74) is 2.86. The zero-order valence-corrected chi connectivity index (χ0v) is 15.9. The van der Waals surface area contributed by atoms with E-state index in [1.807, 2.05) is 0 Å². The fourth-order valence-electron chi connectivity index (χ4n) is 3.26. The highest BCUT2D eigenvalue weighted by atomic mass is 35.5. The number of carbonyl (C=O) groups is 1. The second kappa shape index (κ2) is 7.23. The van der Waals surface area contributed by atoms with Gasteiger partial charge in [-0.25, -0.2) is 0 Å². The normalized spacial score (nSPS) is 14.3. The van der Waals surface area contributed by atoms with Crippen LogP contribution < -0.4 is 5.32 Å². The summed E-state index contributed by atoms with van der Waals surface area (Å²) in [7, 11) is 0. The van der Waals surface area contributed by atoms with E-state index in [9.17, 15) is 18.0 Å². The number of anilines is 1. The Bertz CT molecular complexity index is 1030. The summed E-state index contributed by atoms with van der Waals surface area (Å²) in [5.74, 6) is -0.393. The third-order valence-corrected chi connectivity index (χ3v) is 5.65. The maximum absolute atomic E-state index is 12.8. The fraction of sp³-hybridized carbons (Fsp3) is 0.222. The predicted octanol–water partition coefficient (Wildman–Crippen LogP) is 4.92. The van der Waals surface area contributed by atoms with Crippen molar-refractivity contribution in [2.24, 2.45) is 0 Å². The second-order valence-electron chi connectivity index (χ2n) is 6.42. The van der Waals surface area contributed by atoms with Crippen LogP contribution in [-0.2, 0) is 13.1 Å². The van der Waals surface area contributed by atoms with Crippen LogP contribution in [0.5, 0.6) is 0 Å². The van der Waals surface area contributed by atoms with Crippen LogP contribution in [0.1, 0.15) is 21.5 Å². The Hall–Kier alpha value is -2.36. The minimum absolute atomic E-state index is 0.129. The number of fused-ring (bicyclic) bond motifs is 1. The number of alkyl halides is 3. The van der Waals surface area contributed by atoms with E-state index in [0.29, 0.717) is 26.8 Å². The van der Waals surface area contributed by atoms with Crippen LogP contribution in [0, 0.1) is 0 Å². The van der Waals surface area contributed by atoms with Crippen molar-refractivity contribution in [3.63, 3.8) is 0 Å². The maximum atomic E-state index is 12.8. The number of nitrogens with zero attached hydrogens (tertiary/aromatic N) is 2. The van der Waals surface area contributed by atoms with E-state index >= 15 is 0 Å². The Labute approximate surface area is 167 Å². The number of hydrogen-bond donors (Lipinski definition) is 2. The van der Waals surface area contributed by atoms with Gasteiger partial charge in [0, 0.05) is 18.8 Å². The van der Waals surface area contributed by atoms with Gasteiger partial charge < -0.3 is 5.32 Å². The van der Waals surface area contributed by atoms with Crippen LogP contribution in [-0.4, -0.2) is 33.7 Å². The molecular formula is C18H14ClF3N4OS. The Morgan fingerprint density at radius 2 is 2.11 bits per heavy atom. The van der Waals surface area contributed by atoms with Crippen molar-refractivity contribution < 1.29 is 18.0 Å².